The molecule has 0 aromatic carbocycles. The second-order valence-corrected chi connectivity index (χ2v) is 6.80. The summed E-state index contributed by atoms with van der Waals surface area (Å²) in [6.07, 6.45) is 3.08. The zero-order chi connectivity index (χ0) is 16.6. The first kappa shape index (κ1) is 15.2. The average Bonchev–Trinajstić information content (AvgIpc) is 2.47. The van der Waals surface area contributed by atoms with E-state index in [0.29, 0.717) is 28.9 Å². The van der Waals surface area contributed by atoms with Crippen molar-refractivity contribution in [1.29, 1.82) is 0 Å². The predicted octanol–water partition coefficient (Wildman–Crippen LogP) is 2.92. The van der Waals surface area contributed by atoms with E-state index in [1.165, 1.54) is 0 Å². The second kappa shape index (κ2) is 5.51. The fourth-order valence-corrected chi connectivity index (χ4v) is 2.79. The molecule has 0 amide bonds. The smallest absolute Gasteiger partial charge is 0.165 e. The number of carbonyl (C=O) groups excluding carboxylic acids is 1. The van der Waals surface area contributed by atoms with Crippen molar-refractivity contribution in [3.63, 3.8) is 0 Å². The Morgan fingerprint density at radius 3 is 2.78 bits per heavy atom. The number of Topliss-reactive ketones (excluding diaryl/α,β-unsaturated/α-hetero) is 1. The summed E-state index contributed by atoms with van der Waals surface area (Å²) >= 11 is 0. The highest BCUT2D eigenvalue weighted by molar-refractivity contribution is 5.98. The number of aryl methyl sites for hydroxylation is 1. The van der Waals surface area contributed by atoms with E-state index in [1.54, 1.807) is 12.3 Å². The van der Waals surface area contributed by atoms with E-state index in [-0.39, 0.29) is 11.2 Å². The summed E-state index contributed by atoms with van der Waals surface area (Å²) in [6, 6.07) is 5.48. The summed E-state index contributed by atoms with van der Waals surface area (Å²) in [6.45, 7) is 6.08. The zero-order valence-electron chi connectivity index (χ0n) is 13.6. The molecule has 3 rings (SSSR count). The molecule has 0 unspecified atom stereocenters. The van der Waals surface area contributed by atoms with Crippen molar-refractivity contribution < 1.29 is 4.79 Å². The topological polar surface area (TPSA) is 68.9 Å². The van der Waals surface area contributed by atoms with E-state index in [2.05, 4.69) is 35.7 Å². The number of aromatic nitrogens is 2. The molecule has 116 valence electrons. The van der Waals surface area contributed by atoms with Crippen molar-refractivity contribution in [1.82, 2.24) is 9.97 Å². The van der Waals surface area contributed by atoms with E-state index in [4.69, 9.17) is 5.73 Å². The predicted molar refractivity (Wildman–Crippen MR) is 90.0 cm³/mol. The molecule has 2 aromatic heterocycles. The second-order valence-electron chi connectivity index (χ2n) is 6.80. The summed E-state index contributed by atoms with van der Waals surface area (Å²) < 4.78 is 0. The van der Waals surface area contributed by atoms with E-state index >= 15 is 0 Å². The number of pyridine rings is 2. The molecule has 1 aliphatic carbocycles. The maximum absolute atomic E-state index is 12.3. The number of hydrogen-bond donors (Lipinski definition) is 1. The van der Waals surface area contributed by atoms with Gasteiger partial charge >= 0.3 is 0 Å². The number of nitrogen functional groups attached to an aromatic ring is 1. The van der Waals surface area contributed by atoms with Crippen LogP contribution in [-0.4, -0.2) is 15.8 Å². The van der Waals surface area contributed by atoms with Crippen LogP contribution in [0.5, 0.6) is 0 Å². The lowest BCUT2D eigenvalue weighted by molar-refractivity contribution is 0.0910. The standard InChI is InChI=1S/C19H19N3O/c1-12-4-6-15(20)16(22-12)7-5-13-8-14-17(21-11-13)9-19(2,3)10-18(14)23/h4,6,8,11H,9-10,20H2,1-3H3. The number of rotatable bonds is 0. The minimum Gasteiger partial charge on any atom is -0.396 e. The summed E-state index contributed by atoms with van der Waals surface area (Å²) in [4.78, 5) is 21.1. The maximum Gasteiger partial charge on any atom is 0.165 e. The third-order valence-electron chi connectivity index (χ3n) is 3.95. The SMILES string of the molecule is Cc1ccc(N)c(C#Cc2cnc3c(c2)C(=O)CC(C)(C)C3)n1. The molecule has 0 aliphatic heterocycles. The van der Waals surface area contributed by atoms with Gasteiger partial charge in [0.25, 0.3) is 0 Å². The number of nitrogens with zero attached hydrogens (tertiary/aromatic N) is 2. The van der Waals surface area contributed by atoms with Crippen molar-refractivity contribution in [2.45, 2.75) is 33.6 Å². The van der Waals surface area contributed by atoms with Gasteiger partial charge in [-0.2, -0.15) is 0 Å². The number of anilines is 1. The van der Waals surface area contributed by atoms with Gasteiger partial charge in [-0.05, 0) is 42.9 Å². The molecule has 0 saturated heterocycles. The largest absolute Gasteiger partial charge is 0.396 e. The Bertz CT molecular complexity index is 857. The monoisotopic (exact) mass is 305 g/mol. The zero-order valence-corrected chi connectivity index (χ0v) is 13.6. The Morgan fingerprint density at radius 2 is 2.00 bits per heavy atom. The van der Waals surface area contributed by atoms with Crippen molar-refractivity contribution in [3.05, 3.63) is 52.6 Å². The van der Waals surface area contributed by atoms with Crippen LogP contribution in [0.25, 0.3) is 0 Å². The van der Waals surface area contributed by atoms with Gasteiger partial charge in [0.15, 0.2) is 5.78 Å². The first-order valence-electron chi connectivity index (χ1n) is 7.61. The molecule has 1 aliphatic rings. The van der Waals surface area contributed by atoms with Crippen LogP contribution < -0.4 is 5.73 Å². The summed E-state index contributed by atoms with van der Waals surface area (Å²) in [5.41, 5.74) is 10.1. The number of fused-ring (bicyclic) bond motifs is 1. The van der Waals surface area contributed by atoms with Gasteiger partial charge < -0.3 is 5.73 Å². The Kier molecular flexibility index (Phi) is 3.65. The minimum atomic E-state index is -0.0236. The molecule has 0 radical (unpaired) electrons. The van der Waals surface area contributed by atoms with E-state index in [9.17, 15) is 4.79 Å². The van der Waals surface area contributed by atoms with Gasteiger partial charge in [0.2, 0.25) is 0 Å². The first-order valence-corrected chi connectivity index (χ1v) is 7.61. The van der Waals surface area contributed by atoms with Gasteiger partial charge in [0.1, 0.15) is 5.69 Å². The molecule has 4 heteroatoms. The minimum absolute atomic E-state index is 0.0236. The third kappa shape index (κ3) is 3.24. The quantitative estimate of drug-likeness (QED) is 0.760. The number of carbonyl (C=O) groups is 1. The lowest BCUT2D eigenvalue weighted by Crippen LogP contribution is -2.27. The molecule has 0 bridgehead atoms. The van der Waals surface area contributed by atoms with Crippen LogP contribution in [0.15, 0.2) is 24.4 Å². The van der Waals surface area contributed by atoms with Gasteiger partial charge in [-0.25, -0.2) is 4.98 Å². The van der Waals surface area contributed by atoms with Gasteiger partial charge in [-0.15, -0.1) is 0 Å². The van der Waals surface area contributed by atoms with Crippen LogP contribution in [0, 0.1) is 24.2 Å². The van der Waals surface area contributed by atoms with Gasteiger partial charge in [-0.3, -0.25) is 9.78 Å². The van der Waals surface area contributed by atoms with E-state index < -0.39 is 0 Å². The van der Waals surface area contributed by atoms with Crippen LogP contribution in [0.4, 0.5) is 5.69 Å². The highest BCUT2D eigenvalue weighted by atomic mass is 16.1. The average molecular weight is 305 g/mol. The summed E-state index contributed by atoms with van der Waals surface area (Å²) in [7, 11) is 0. The summed E-state index contributed by atoms with van der Waals surface area (Å²) in [5.74, 6) is 6.12. The van der Waals surface area contributed by atoms with Crippen molar-refractivity contribution in [2.24, 2.45) is 5.41 Å². The van der Waals surface area contributed by atoms with Gasteiger partial charge in [0.05, 0.1) is 11.4 Å². The maximum atomic E-state index is 12.3. The van der Waals surface area contributed by atoms with E-state index in [1.807, 2.05) is 19.1 Å². The lowest BCUT2D eigenvalue weighted by Gasteiger charge is -2.29. The van der Waals surface area contributed by atoms with Crippen LogP contribution in [0.2, 0.25) is 0 Å². The van der Waals surface area contributed by atoms with Crippen molar-refractivity contribution in [3.8, 4) is 11.8 Å². The highest BCUT2D eigenvalue weighted by Gasteiger charge is 2.31. The molecular weight excluding hydrogens is 286 g/mol. The lowest BCUT2D eigenvalue weighted by atomic mass is 9.75. The highest BCUT2D eigenvalue weighted by Crippen LogP contribution is 2.33. The van der Waals surface area contributed by atoms with Gasteiger partial charge in [-0.1, -0.05) is 19.8 Å². The Hall–Kier alpha value is -2.67. The molecule has 23 heavy (non-hydrogen) atoms. The molecule has 4 nitrogen and oxygen atoms in total. The van der Waals surface area contributed by atoms with Crippen molar-refractivity contribution in [2.75, 3.05) is 5.73 Å². The number of ketones is 1. The summed E-state index contributed by atoms with van der Waals surface area (Å²) in [5, 5.41) is 0. The molecule has 2 N–H and O–H groups in total. The number of nitrogens with two attached hydrogens (primary N) is 1. The molecule has 2 heterocycles. The van der Waals surface area contributed by atoms with Crippen molar-refractivity contribution >= 4 is 11.5 Å². The van der Waals surface area contributed by atoms with Crippen LogP contribution in [-0.2, 0) is 6.42 Å². The Balaban J connectivity index is 1.95. The first-order chi connectivity index (χ1) is 10.8. The van der Waals surface area contributed by atoms with Gasteiger partial charge in [0, 0.05) is 29.4 Å². The third-order valence-corrected chi connectivity index (χ3v) is 3.95. The van der Waals surface area contributed by atoms with Crippen LogP contribution >= 0.6 is 0 Å². The van der Waals surface area contributed by atoms with Crippen LogP contribution in [0.3, 0.4) is 0 Å². The Labute approximate surface area is 136 Å². The molecular formula is C19H19N3O. The Morgan fingerprint density at radius 1 is 1.22 bits per heavy atom. The molecule has 0 atom stereocenters. The fourth-order valence-electron chi connectivity index (χ4n) is 2.79. The van der Waals surface area contributed by atoms with Crippen LogP contribution in [0.1, 0.15) is 53.3 Å². The van der Waals surface area contributed by atoms with E-state index in [0.717, 1.165) is 17.8 Å². The fraction of sp³-hybridized carbons (Fsp3) is 0.316. The molecule has 0 saturated carbocycles. The normalized spacial score (nSPS) is 15.5. The molecule has 0 fully saturated rings. The number of hydrogen-bond acceptors (Lipinski definition) is 4. The molecule has 0 spiro atoms. The molecule has 2 aromatic rings.